The Bertz CT molecular complexity index is 1020. The van der Waals surface area contributed by atoms with Gasteiger partial charge in [0.25, 0.3) is 10.0 Å². The lowest BCUT2D eigenvalue weighted by Gasteiger charge is -2.25. The lowest BCUT2D eigenvalue weighted by atomic mass is 10.2. The third kappa shape index (κ3) is 4.26. The summed E-state index contributed by atoms with van der Waals surface area (Å²) in [6.45, 7) is 0.0873. The Kier molecular flexibility index (Phi) is 5.84. The van der Waals surface area contributed by atoms with Gasteiger partial charge in [-0.3, -0.25) is 4.31 Å². The third-order valence-electron chi connectivity index (χ3n) is 4.25. The molecule has 0 heterocycles. The Morgan fingerprint density at radius 3 is 1.79 bits per heavy atom. The van der Waals surface area contributed by atoms with Gasteiger partial charge in [0.15, 0.2) is 0 Å². The van der Waals surface area contributed by atoms with E-state index in [-0.39, 0.29) is 11.4 Å². The first-order valence-corrected chi connectivity index (χ1v) is 9.93. The second-order valence-electron chi connectivity index (χ2n) is 6.01. The molecule has 3 aromatic carbocycles. The van der Waals surface area contributed by atoms with Gasteiger partial charge in [-0.25, -0.2) is 12.8 Å². The molecule has 3 rings (SSSR count). The van der Waals surface area contributed by atoms with Crippen molar-refractivity contribution >= 4 is 15.7 Å². The van der Waals surface area contributed by atoms with E-state index in [1.165, 1.54) is 47.8 Å². The standard InChI is InChI=1S/C21H20FNO4S/c1-26-19-9-3-16(4-10-19)15-23(18-7-5-17(22)6-8-18)28(24,25)21-13-11-20(27-2)12-14-21/h3-14H,15H2,1-2H3. The van der Waals surface area contributed by atoms with E-state index < -0.39 is 15.8 Å². The molecule has 0 aliphatic carbocycles. The van der Waals surface area contributed by atoms with E-state index in [2.05, 4.69) is 0 Å². The van der Waals surface area contributed by atoms with Crippen LogP contribution in [0.15, 0.2) is 77.7 Å². The van der Waals surface area contributed by atoms with Crippen molar-refractivity contribution in [1.29, 1.82) is 0 Å². The number of sulfonamides is 1. The van der Waals surface area contributed by atoms with Crippen molar-refractivity contribution in [2.45, 2.75) is 11.4 Å². The molecular formula is C21H20FNO4S. The van der Waals surface area contributed by atoms with E-state index in [1.54, 1.807) is 43.5 Å². The molecule has 0 unspecified atom stereocenters. The number of hydrogen-bond donors (Lipinski definition) is 0. The highest BCUT2D eigenvalue weighted by Crippen LogP contribution is 2.27. The maximum atomic E-state index is 13.4. The molecule has 28 heavy (non-hydrogen) atoms. The monoisotopic (exact) mass is 401 g/mol. The summed E-state index contributed by atoms with van der Waals surface area (Å²) in [6, 6.07) is 18.6. The van der Waals surface area contributed by atoms with Gasteiger partial charge in [-0.2, -0.15) is 0 Å². The van der Waals surface area contributed by atoms with E-state index >= 15 is 0 Å². The molecule has 0 aromatic heterocycles. The molecule has 0 aliphatic heterocycles. The minimum Gasteiger partial charge on any atom is -0.497 e. The second kappa shape index (κ2) is 8.31. The molecule has 0 aliphatic rings. The zero-order valence-corrected chi connectivity index (χ0v) is 16.3. The van der Waals surface area contributed by atoms with Gasteiger partial charge in [0.1, 0.15) is 17.3 Å². The molecule has 0 spiro atoms. The zero-order valence-electron chi connectivity index (χ0n) is 15.5. The predicted molar refractivity (Wildman–Crippen MR) is 106 cm³/mol. The van der Waals surface area contributed by atoms with Gasteiger partial charge >= 0.3 is 0 Å². The molecule has 0 saturated heterocycles. The van der Waals surface area contributed by atoms with Crippen molar-refractivity contribution in [2.24, 2.45) is 0 Å². The summed E-state index contributed by atoms with van der Waals surface area (Å²) in [5, 5.41) is 0. The van der Waals surface area contributed by atoms with Crippen LogP contribution in [0.5, 0.6) is 11.5 Å². The Morgan fingerprint density at radius 2 is 1.29 bits per heavy atom. The summed E-state index contributed by atoms with van der Waals surface area (Å²) < 4.78 is 51.5. The van der Waals surface area contributed by atoms with Crippen LogP contribution in [0.2, 0.25) is 0 Å². The highest BCUT2D eigenvalue weighted by molar-refractivity contribution is 7.92. The highest BCUT2D eigenvalue weighted by atomic mass is 32.2. The molecule has 0 saturated carbocycles. The lowest BCUT2D eigenvalue weighted by molar-refractivity contribution is 0.414. The Morgan fingerprint density at radius 1 is 0.786 bits per heavy atom. The summed E-state index contributed by atoms with van der Waals surface area (Å²) in [7, 11) is -0.806. The van der Waals surface area contributed by atoms with Gasteiger partial charge in [-0.15, -0.1) is 0 Å². The summed E-state index contributed by atoms with van der Waals surface area (Å²) in [6.07, 6.45) is 0. The fourth-order valence-electron chi connectivity index (χ4n) is 2.69. The number of methoxy groups -OCH3 is 2. The number of benzene rings is 3. The maximum Gasteiger partial charge on any atom is 0.264 e. The SMILES string of the molecule is COc1ccc(CN(c2ccc(F)cc2)S(=O)(=O)c2ccc(OC)cc2)cc1. The minimum atomic E-state index is -3.88. The van der Waals surface area contributed by atoms with Crippen molar-refractivity contribution in [3.8, 4) is 11.5 Å². The van der Waals surface area contributed by atoms with Crippen molar-refractivity contribution in [3.05, 3.63) is 84.2 Å². The molecule has 7 heteroatoms. The van der Waals surface area contributed by atoms with Gasteiger partial charge in [-0.05, 0) is 66.2 Å². The van der Waals surface area contributed by atoms with Crippen LogP contribution < -0.4 is 13.8 Å². The topological polar surface area (TPSA) is 55.8 Å². The molecule has 0 radical (unpaired) electrons. The van der Waals surface area contributed by atoms with Crippen molar-refractivity contribution < 1.29 is 22.3 Å². The van der Waals surface area contributed by atoms with Gasteiger partial charge in [0.05, 0.1) is 31.3 Å². The first-order chi connectivity index (χ1) is 13.4. The van der Waals surface area contributed by atoms with Gasteiger partial charge in [0.2, 0.25) is 0 Å². The average molecular weight is 401 g/mol. The van der Waals surface area contributed by atoms with E-state index in [4.69, 9.17) is 9.47 Å². The van der Waals surface area contributed by atoms with Gasteiger partial charge < -0.3 is 9.47 Å². The smallest absolute Gasteiger partial charge is 0.264 e. The van der Waals surface area contributed by atoms with Crippen LogP contribution in [0.3, 0.4) is 0 Å². The molecule has 0 bridgehead atoms. The number of rotatable bonds is 7. The van der Waals surface area contributed by atoms with Crippen LogP contribution in [0, 0.1) is 5.82 Å². The minimum absolute atomic E-state index is 0.0873. The number of hydrogen-bond acceptors (Lipinski definition) is 4. The Labute approximate surface area is 164 Å². The fraction of sp³-hybridized carbons (Fsp3) is 0.143. The molecule has 146 valence electrons. The molecule has 5 nitrogen and oxygen atoms in total. The van der Waals surface area contributed by atoms with E-state index in [9.17, 15) is 12.8 Å². The maximum absolute atomic E-state index is 13.4. The Balaban J connectivity index is 2.01. The van der Waals surface area contributed by atoms with Crippen molar-refractivity contribution in [2.75, 3.05) is 18.5 Å². The van der Waals surface area contributed by atoms with Crippen LogP contribution in [0.1, 0.15) is 5.56 Å². The molecule has 0 atom stereocenters. The summed E-state index contributed by atoms with van der Waals surface area (Å²) in [5.41, 5.74) is 1.13. The van der Waals surface area contributed by atoms with Crippen LogP contribution in [0.4, 0.5) is 10.1 Å². The van der Waals surface area contributed by atoms with Gasteiger partial charge in [0, 0.05) is 0 Å². The third-order valence-corrected chi connectivity index (χ3v) is 6.04. The molecule has 3 aromatic rings. The van der Waals surface area contributed by atoms with Crippen LogP contribution >= 0.6 is 0 Å². The van der Waals surface area contributed by atoms with E-state index in [0.717, 1.165) is 5.56 Å². The van der Waals surface area contributed by atoms with Crippen LogP contribution in [0.25, 0.3) is 0 Å². The highest BCUT2D eigenvalue weighted by Gasteiger charge is 2.25. The number of ether oxygens (including phenoxy) is 2. The first kappa shape index (κ1) is 19.7. The van der Waals surface area contributed by atoms with E-state index in [1.807, 2.05) is 0 Å². The van der Waals surface area contributed by atoms with E-state index in [0.29, 0.717) is 17.2 Å². The number of halogens is 1. The summed E-state index contributed by atoms with van der Waals surface area (Å²) in [4.78, 5) is 0.117. The van der Waals surface area contributed by atoms with Gasteiger partial charge in [-0.1, -0.05) is 12.1 Å². The molecule has 0 fully saturated rings. The normalized spacial score (nSPS) is 11.1. The second-order valence-corrected chi connectivity index (χ2v) is 7.87. The van der Waals surface area contributed by atoms with Crippen LogP contribution in [-0.4, -0.2) is 22.6 Å². The average Bonchev–Trinajstić information content (AvgIpc) is 2.73. The largest absolute Gasteiger partial charge is 0.497 e. The van der Waals surface area contributed by atoms with Crippen molar-refractivity contribution in [3.63, 3.8) is 0 Å². The Hall–Kier alpha value is -3.06. The molecule has 0 amide bonds. The summed E-state index contributed by atoms with van der Waals surface area (Å²) >= 11 is 0. The molecular weight excluding hydrogens is 381 g/mol. The first-order valence-electron chi connectivity index (χ1n) is 8.49. The quantitative estimate of drug-likeness (QED) is 0.594. The van der Waals surface area contributed by atoms with Crippen LogP contribution in [-0.2, 0) is 16.6 Å². The number of nitrogens with zero attached hydrogens (tertiary/aromatic N) is 1. The predicted octanol–water partition coefficient (Wildman–Crippen LogP) is 4.24. The fourth-order valence-corrected chi connectivity index (χ4v) is 4.15. The molecule has 0 N–H and O–H groups in total. The lowest BCUT2D eigenvalue weighted by Crippen LogP contribution is -2.30. The zero-order chi connectivity index (χ0) is 20.1. The van der Waals surface area contributed by atoms with Crippen molar-refractivity contribution in [1.82, 2.24) is 0 Å². The summed E-state index contributed by atoms with van der Waals surface area (Å²) in [5.74, 6) is 0.799. The number of anilines is 1.